The maximum absolute atomic E-state index is 13.1. The molecule has 1 N–H and O–H groups in total. The van der Waals surface area contributed by atoms with E-state index in [1.807, 2.05) is 6.07 Å². The molecule has 0 spiro atoms. The molecule has 17 heavy (non-hydrogen) atoms. The lowest BCUT2D eigenvalue weighted by atomic mass is 10.1. The maximum Gasteiger partial charge on any atom is 0.123 e. The monoisotopic (exact) mass is 233 g/mol. The van der Waals surface area contributed by atoms with Crippen LogP contribution in [0.5, 0.6) is 0 Å². The summed E-state index contributed by atoms with van der Waals surface area (Å²) in [6.45, 7) is 1.14. The summed E-state index contributed by atoms with van der Waals surface area (Å²) in [5.41, 5.74) is 2.53. The third-order valence-corrected chi connectivity index (χ3v) is 4.31. The summed E-state index contributed by atoms with van der Waals surface area (Å²) in [5.74, 6) is 0.777. The zero-order chi connectivity index (χ0) is 11.7. The maximum atomic E-state index is 13.1. The molecule has 0 saturated heterocycles. The summed E-state index contributed by atoms with van der Waals surface area (Å²) < 4.78 is 13.1. The Morgan fingerprint density at radius 1 is 1.18 bits per heavy atom. The van der Waals surface area contributed by atoms with Crippen molar-refractivity contribution in [2.45, 2.75) is 44.6 Å². The van der Waals surface area contributed by atoms with Gasteiger partial charge in [-0.25, -0.2) is 4.39 Å². The highest BCUT2D eigenvalue weighted by molar-refractivity contribution is 5.34. The third kappa shape index (κ3) is 2.37. The molecule has 1 nitrogen and oxygen atoms in total. The minimum absolute atomic E-state index is 0.0970. The minimum atomic E-state index is -0.0970. The molecular formula is C15H20FN. The van der Waals surface area contributed by atoms with E-state index in [0.29, 0.717) is 6.04 Å². The number of rotatable bonds is 3. The number of aryl methyl sites for hydroxylation is 1. The summed E-state index contributed by atoms with van der Waals surface area (Å²) in [7, 11) is 0. The Morgan fingerprint density at radius 3 is 2.82 bits per heavy atom. The van der Waals surface area contributed by atoms with Crippen molar-refractivity contribution in [3.8, 4) is 0 Å². The molecule has 2 heteroatoms. The molecule has 0 aromatic heterocycles. The Labute approximate surface area is 102 Å². The first-order valence-electron chi connectivity index (χ1n) is 6.84. The second-order valence-electron chi connectivity index (χ2n) is 5.49. The van der Waals surface area contributed by atoms with Crippen LogP contribution >= 0.6 is 0 Å². The highest BCUT2D eigenvalue weighted by Gasteiger charge is 2.24. The fourth-order valence-corrected chi connectivity index (χ4v) is 3.32. The van der Waals surface area contributed by atoms with Crippen LogP contribution in [0.1, 0.15) is 49.3 Å². The Balaban J connectivity index is 1.63. The van der Waals surface area contributed by atoms with E-state index < -0.39 is 0 Å². The first-order valence-corrected chi connectivity index (χ1v) is 6.84. The minimum Gasteiger partial charge on any atom is -0.310 e. The smallest absolute Gasteiger partial charge is 0.123 e. The zero-order valence-corrected chi connectivity index (χ0v) is 10.2. The molecule has 1 atom stereocenters. The fraction of sp³-hybridized carbons (Fsp3) is 0.600. The van der Waals surface area contributed by atoms with Crippen molar-refractivity contribution in [2.75, 3.05) is 6.54 Å². The van der Waals surface area contributed by atoms with Crippen molar-refractivity contribution in [1.82, 2.24) is 5.32 Å². The molecule has 1 unspecified atom stereocenters. The normalized spacial score (nSPS) is 24.2. The molecule has 0 bridgehead atoms. The van der Waals surface area contributed by atoms with Crippen LogP contribution in [0.15, 0.2) is 18.2 Å². The first-order chi connectivity index (χ1) is 8.33. The average Bonchev–Trinajstić information content (AvgIpc) is 2.94. The summed E-state index contributed by atoms with van der Waals surface area (Å²) in [5, 5.41) is 3.68. The number of nitrogens with one attached hydrogen (secondary N) is 1. The highest BCUT2D eigenvalue weighted by Crippen LogP contribution is 2.32. The van der Waals surface area contributed by atoms with Gasteiger partial charge in [0, 0.05) is 6.04 Å². The number of fused-ring (bicyclic) bond motifs is 1. The van der Waals surface area contributed by atoms with Crippen molar-refractivity contribution in [3.63, 3.8) is 0 Å². The fourth-order valence-electron chi connectivity index (χ4n) is 3.32. The van der Waals surface area contributed by atoms with Gasteiger partial charge in [0.15, 0.2) is 0 Å². The van der Waals surface area contributed by atoms with E-state index in [4.69, 9.17) is 0 Å². The molecule has 0 amide bonds. The van der Waals surface area contributed by atoms with Crippen LogP contribution < -0.4 is 5.32 Å². The van der Waals surface area contributed by atoms with E-state index in [1.165, 1.54) is 36.8 Å². The largest absolute Gasteiger partial charge is 0.310 e. The quantitative estimate of drug-likeness (QED) is 0.841. The molecule has 92 valence electrons. The molecule has 1 fully saturated rings. The molecule has 1 aromatic carbocycles. The van der Waals surface area contributed by atoms with Crippen LogP contribution in [-0.4, -0.2) is 6.54 Å². The number of halogens is 1. The molecule has 0 aliphatic heterocycles. The van der Waals surface area contributed by atoms with E-state index in [9.17, 15) is 4.39 Å². The molecule has 3 rings (SSSR count). The molecular weight excluding hydrogens is 213 g/mol. The molecule has 1 saturated carbocycles. The van der Waals surface area contributed by atoms with E-state index in [1.54, 1.807) is 12.1 Å². The van der Waals surface area contributed by atoms with E-state index in [2.05, 4.69) is 5.32 Å². The first kappa shape index (κ1) is 11.2. The third-order valence-electron chi connectivity index (χ3n) is 4.31. The molecule has 2 aliphatic rings. The van der Waals surface area contributed by atoms with Gasteiger partial charge in [-0.2, -0.15) is 0 Å². The molecule has 0 radical (unpaired) electrons. The van der Waals surface area contributed by atoms with Gasteiger partial charge in [-0.1, -0.05) is 18.9 Å². The van der Waals surface area contributed by atoms with Crippen LogP contribution in [0.2, 0.25) is 0 Å². The number of hydrogen-bond donors (Lipinski definition) is 1. The summed E-state index contributed by atoms with van der Waals surface area (Å²) >= 11 is 0. The second kappa shape index (κ2) is 4.77. The lowest BCUT2D eigenvalue weighted by molar-refractivity contribution is 0.436. The van der Waals surface area contributed by atoms with E-state index in [0.717, 1.165) is 25.3 Å². The summed E-state index contributed by atoms with van der Waals surface area (Å²) in [4.78, 5) is 0. The van der Waals surface area contributed by atoms with Crippen LogP contribution in [0.25, 0.3) is 0 Å². The van der Waals surface area contributed by atoms with Crippen molar-refractivity contribution in [3.05, 3.63) is 35.1 Å². The van der Waals surface area contributed by atoms with Gasteiger partial charge < -0.3 is 5.32 Å². The van der Waals surface area contributed by atoms with Crippen molar-refractivity contribution >= 4 is 0 Å². The van der Waals surface area contributed by atoms with Crippen molar-refractivity contribution in [1.29, 1.82) is 0 Å². The Hall–Kier alpha value is -0.890. The second-order valence-corrected chi connectivity index (χ2v) is 5.49. The Kier molecular flexibility index (Phi) is 3.15. The van der Waals surface area contributed by atoms with Crippen LogP contribution in [0, 0.1) is 11.7 Å². The predicted molar refractivity (Wildman–Crippen MR) is 67.4 cm³/mol. The molecule has 0 heterocycles. The van der Waals surface area contributed by atoms with E-state index in [-0.39, 0.29) is 5.82 Å². The van der Waals surface area contributed by atoms with Crippen LogP contribution in [-0.2, 0) is 6.42 Å². The number of hydrogen-bond acceptors (Lipinski definition) is 1. The standard InChI is InChI=1S/C15H20FN/c16-13-6-7-14-12(9-13)5-8-15(14)17-10-11-3-1-2-4-11/h6-7,9,11,15,17H,1-5,8,10H2. The van der Waals surface area contributed by atoms with Gasteiger partial charge in [0.05, 0.1) is 0 Å². The Morgan fingerprint density at radius 2 is 2.00 bits per heavy atom. The zero-order valence-electron chi connectivity index (χ0n) is 10.2. The van der Waals surface area contributed by atoms with Gasteiger partial charge >= 0.3 is 0 Å². The van der Waals surface area contributed by atoms with Crippen molar-refractivity contribution < 1.29 is 4.39 Å². The summed E-state index contributed by atoms with van der Waals surface area (Å²) in [6.07, 6.45) is 7.73. The average molecular weight is 233 g/mol. The SMILES string of the molecule is Fc1ccc2c(c1)CCC2NCC1CCCC1. The highest BCUT2D eigenvalue weighted by atomic mass is 19.1. The predicted octanol–water partition coefficient (Wildman–Crippen LogP) is 3.59. The van der Waals surface area contributed by atoms with Gasteiger partial charge in [-0.3, -0.25) is 0 Å². The Bertz CT molecular complexity index is 396. The van der Waals surface area contributed by atoms with Gasteiger partial charge in [0.2, 0.25) is 0 Å². The number of benzene rings is 1. The van der Waals surface area contributed by atoms with Gasteiger partial charge in [0.1, 0.15) is 5.82 Å². The van der Waals surface area contributed by atoms with Crippen LogP contribution in [0.4, 0.5) is 4.39 Å². The van der Waals surface area contributed by atoms with Crippen molar-refractivity contribution in [2.24, 2.45) is 5.92 Å². The lowest BCUT2D eigenvalue weighted by Crippen LogP contribution is -2.25. The topological polar surface area (TPSA) is 12.0 Å². The van der Waals surface area contributed by atoms with Gasteiger partial charge in [-0.15, -0.1) is 0 Å². The lowest BCUT2D eigenvalue weighted by Gasteiger charge is -2.17. The summed E-state index contributed by atoms with van der Waals surface area (Å²) in [6, 6.07) is 5.72. The van der Waals surface area contributed by atoms with Gasteiger partial charge in [-0.05, 0) is 61.4 Å². The van der Waals surface area contributed by atoms with Gasteiger partial charge in [0.25, 0.3) is 0 Å². The molecule has 1 aromatic rings. The van der Waals surface area contributed by atoms with E-state index >= 15 is 0 Å². The van der Waals surface area contributed by atoms with Crippen LogP contribution in [0.3, 0.4) is 0 Å². The molecule has 2 aliphatic carbocycles.